The molecule has 0 aromatic carbocycles. The van der Waals surface area contributed by atoms with Gasteiger partial charge in [-0.1, -0.05) is 41.0 Å². The second-order valence-corrected chi connectivity index (χ2v) is 5.43. The van der Waals surface area contributed by atoms with Crippen LogP contribution in [0.1, 0.15) is 47.5 Å². The van der Waals surface area contributed by atoms with Gasteiger partial charge in [0.05, 0.1) is 6.10 Å². The molecule has 0 saturated carbocycles. The molecule has 0 aliphatic carbocycles. The molecule has 0 aliphatic heterocycles. The van der Waals surface area contributed by atoms with Crippen LogP contribution in [0.15, 0.2) is 0 Å². The molecule has 0 aromatic rings. The fourth-order valence-electron chi connectivity index (χ4n) is 1.37. The lowest BCUT2D eigenvalue weighted by Gasteiger charge is -2.26. The van der Waals surface area contributed by atoms with E-state index in [0.29, 0.717) is 12.5 Å². The van der Waals surface area contributed by atoms with Gasteiger partial charge >= 0.3 is 0 Å². The van der Waals surface area contributed by atoms with Gasteiger partial charge in [0.2, 0.25) is 0 Å². The van der Waals surface area contributed by atoms with Crippen molar-refractivity contribution in [1.29, 1.82) is 0 Å². The summed E-state index contributed by atoms with van der Waals surface area (Å²) in [4.78, 5) is 0. The summed E-state index contributed by atoms with van der Waals surface area (Å²) in [5, 5.41) is 13.1. The quantitative estimate of drug-likeness (QED) is 0.692. The molecule has 0 aliphatic rings. The molecule has 0 rings (SSSR count). The average Bonchev–Trinajstić information content (AvgIpc) is 2.02. The minimum atomic E-state index is -0.253. The van der Waals surface area contributed by atoms with Crippen LogP contribution >= 0.6 is 0 Å². The lowest BCUT2D eigenvalue weighted by molar-refractivity contribution is 0.0623. The SMILES string of the molecule is CCCC(C)CNCC(O)C(C)(C)C. The third-order valence-electron chi connectivity index (χ3n) is 2.61. The van der Waals surface area contributed by atoms with Crippen molar-refractivity contribution in [2.75, 3.05) is 13.1 Å². The van der Waals surface area contributed by atoms with Gasteiger partial charge in [-0.25, -0.2) is 0 Å². The van der Waals surface area contributed by atoms with Gasteiger partial charge in [-0.3, -0.25) is 0 Å². The van der Waals surface area contributed by atoms with Crippen molar-refractivity contribution >= 4 is 0 Å². The monoisotopic (exact) mass is 201 g/mol. The van der Waals surface area contributed by atoms with E-state index >= 15 is 0 Å². The van der Waals surface area contributed by atoms with Crippen LogP contribution < -0.4 is 5.32 Å². The van der Waals surface area contributed by atoms with Gasteiger partial charge < -0.3 is 10.4 Å². The number of hydrogen-bond donors (Lipinski definition) is 2. The average molecular weight is 201 g/mol. The number of aliphatic hydroxyl groups is 1. The van der Waals surface area contributed by atoms with Crippen molar-refractivity contribution in [3.8, 4) is 0 Å². The molecular weight excluding hydrogens is 174 g/mol. The summed E-state index contributed by atoms with van der Waals surface area (Å²) in [6.07, 6.45) is 2.25. The summed E-state index contributed by atoms with van der Waals surface area (Å²) in [5.41, 5.74) is -0.0129. The summed E-state index contributed by atoms with van der Waals surface area (Å²) in [7, 11) is 0. The van der Waals surface area contributed by atoms with Crippen LogP contribution in [-0.2, 0) is 0 Å². The molecular formula is C12H27NO. The first-order chi connectivity index (χ1) is 6.38. The number of rotatable bonds is 6. The van der Waals surface area contributed by atoms with E-state index in [-0.39, 0.29) is 11.5 Å². The Balaban J connectivity index is 3.54. The van der Waals surface area contributed by atoms with E-state index in [9.17, 15) is 5.11 Å². The van der Waals surface area contributed by atoms with Crippen LogP contribution in [0.3, 0.4) is 0 Å². The summed E-state index contributed by atoms with van der Waals surface area (Å²) in [5.74, 6) is 0.715. The van der Waals surface area contributed by atoms with E-state index in [2.05, 4.69) is 39.9 Å². The van der Waals surface area contributed by atoms with Crippen molar-refractivity contribution < 1.29 is 5.11 Å². The highest BCUT2D eigenvalue weighted by molar-refractivity contribution is 4.74. The molecule has 0 aromatic heterocycles. The molecule has 0 saturated heterocycles. The first-order valence-corrected chi connectivity index (χ1v) is 5.76. The van der Waals surface area contributed by atoms with Crippen LogP contribution in [0.25, 0.3) is 0 Å². The number of hydrogen-bond acceptors (Lipinski definition) is 2. The number of aliphatic hydroxyl groups excluding tert-OH is 1. The third-order valence-corrected chi connectivity index (χ3v) is 2.61. The van der Waals surface area contributed by atoms with Crippen molar-refractivity contribution in [3.05, 3.63) is 0 Å². The standard InChI is InChI=1S/C12H27NO/c1-6-7-10(2)8-13-9-11(14)12(3,4)5/h10-11,13-14H,6-9H2,1-5H3. The Morgan fingerprint density at radius 2 is 1.79 bits per heavy atom. The Morgan fingerprint density at radius 1 is 1.21 bits per heavy atom. The van der Waals surface area contributed by atoms with E-state index in [1.807, 2.05) is 0 Å². The van der Waals surface area contributed by atoms with E-state index in [0.717, 1.165) is 6.54 Å². The van der Waals surface area contributed by atoms with Crippen LogP contribution in [0.2, 0.25) is 0 Å². The predicted molar refractivity (Wildman–Crippen MR) is 62.4 cm³/mol. The topological polar surface area (TPSA) is 32.3 Å². The van der Waals surface area contributed by atoms with Crippen molar-refractivity contribution in [3.63, 3.8) is 0 Å². The van der Waals surface area contributed by atoms with Crippen molar-refractivity contribution in [2.45, 2.75) is 53.6 Å². The molecule has 86 valence electrons. The first kappa shape index (κ1) is 13.9. The first-order valence-electron chi connectivity index (χ1n) is 5.76. The summed E-state index contributed by atoms with van der Waals surface area (Å²) >= 11 is 0. The molecule has 2 heteroatoms. The normalized spacial score (nSPS) is 16.7. The van der Waals surface area contributed by atoms with Gasteiger partial charge in [-0.05, 0) is 24.3 Å². The van der Waals surface area contributed by atoms with Crippen LogP contribution in [0, 0.1) is 11.3 Å². The molecule has 0 spiro atoms. The minimum absolute atomic E-state index is 0.0129. The van der Waals surface area contributed by atoms with E-state index in [1.54, 1.807) is 0 Å². The maximum Gasteiger partial charge on any atom is 0.0712 e. The Bertz CT molecular complexity index is 140. The summed E-state index contributed by atoms with van der Waals surface area (Å²) < 4.78 is 0. The summed E-state index contributed by atoms with van der Waals surface area (Å²) in [6, 6.07) is 0. The zero-order chi connectivity index (χ0) is 11.2. The van der Waals surface area contributed by atoms with Gasteiger partial charge in [0.15, 0.2) is 0 Å². The zero-order valence-electron chi connectivity index (χ0n) is 10.4. The maximum atomic E-state index is 9.77. The van der Waals surface area contributed by atoms with Gasteiger partial charge in [0.25, 0.3) is 0 Å². The Labute approximate surface area is 89.1 Å². The molecule has 14 heavy (non-hydrogen) atoms. The minimum Gasteiger partial charge on any atom is -0.391 e. The molecule has 2 nitrogen and oxygen atoms in total. The van der Waals surface area contributed by atoms with Gasteiger partial charge in [-0.15, -0.1) is 0 Å². The molecule has 0 amide bonds. The van der Waals surface area contributed by atoms with Crippen LogP contribution in [0.5, 0.6) is 0 Å². The highest BCUT2D eigenvalue weighted by Crippen LogP contribution is 2.18. The second-order valence-electron chi connectivity index (χ2n) is 5.43. The third kappa shape index (κ3) is 6.39. The molecule has 0 fully saturated rings. The molecule has 2 unspecified atom stereocenters. The van der Waals surface area contributed by atoms with Crippen LogP contribution in [0.4, 0.5) is 0 Å². The van der Waals surface area contributed by atoms with E-state index in [1.165, 1.54) is 12.8 Å². The molecule has 2 atom stereocenters. The zero-order valence-corrected chi connectivity index (χ0v) is 10.4. The number of nitrogens with one attached hydrogen (secondary N) is 1. The molecule has 0 heterocycles. The lowest BCUT2D eigenvalue weighted by atomic mass is 9.89. The largest absolute Gasteiger partial charge is 0.391 e. The maximum absolute atomic E-state index is 9.77. The highest BCUT2D eigenvalue weighted by atomic mass is 16.3. The van der Waals surface area contributed by atoms with Crippen molar-refractivity contribution in [2.24, 2.45) is 11.3 Å². The van der Waals surface area contributed by atoms with Crippen LogP contribution in [-0.4, -0.2) is 24.3 Å². The molecule has 0 bridgehead atoms. The van der Waals surface area contributed by atoms with E-state index in [4.69, 9.17) is 0 Å². The Hall–Kier alpha value is -0.0800. The van der Waals surface area contributed by atoms with Gasteiger partial charge in [0, 0.05) is 6.54 Å². The fourth-order valence-corrected chi connectivity index (χ4v) is 1.37. The smallest absolute Gasteiger partial charge is 0.0712 e. The Morgan fingerprint density at radius 3 is 2.21 bits per heavy atom. The highest BCUT2D eigenvalue weighted by Gasteiger charge is 2.21. The summed E-state index contributed by atoms with van der Waals surface area (Å²) in [6.45, 7) is 12.4. The van der Waals surface area contributed by atoms with E-state index < -0.39 is 0 Å². The lowest BCUT2D eigenvalue weighted by Crippen LogP contribution is -2.38. The molecule has 2 N–H and O–H groups in total. The van der Waals surface area contributed by atoms with Crippen molar-refractivity contribution in [1.82, 2.24) is 5.32 Å². The fraction of sp³-hybridized carbons (Fsp3) is 1.00. The predicted octanol–water partition coefficient (Wildman–Crippen LogP) is 2.42. The Kier molecular flexibility index (Phi) is 6.38. The molecule has 0 radical (unpaired) electrons. The van der Waals surface area contributed by atoms with Gasteiger partial charge in [-0.2, -0.15) is 0 Å². The van der Waals surface area contributed by atoms with Gasteiger partial charge in [0.1, 0.15) is 0 Å². The second kappa shape index (κ2) is 6.41.